The lowest BCUT2D eigenvalue weighted by atomic mass is 10.1. The Morgan fingerprint density at radius 1 is 1.16 bits per heavy atom. The van der Waals surface area contributed by atoms with Crippen molar-refractivity contribution in [3.8, 4) is 0 Å². The highest BCUT2D eigenvalue weighted by Crippen LogP contribution is 2.12. The number of aromatic nitrogens is 2. The van der Waals surface area contributed by atoms with Crippen LogP contribution in [0.15, 0.2) is 59.3 Å². The Morgan fingerprint density at radius 2 is 2.00 bits per heavy atom. The molecule has 6 nitrogen and oxygen atoms in total. The summed E-state index contributed by atoms with van der Waals surface area (Å²) in [5, 5.41) is 9.73. The molecule has 0 bridgehead atoms. The summed E-state index contributed by atoms with van der Waals surface area (Å²) in [6, 6.07) is 15.6. The Kier molecular flexibility index (Phi) is 5.41. The van der Waals surface area contributed by atoms with Gasteiger partial charge in [0.25, 0.3) is 5.91 Å². The summed E-state index contributed by atoms with van der Waals surface area (Å²) < 4.78 is 4.93. The number of carbonyl (C=O) groups excluding carboxylic acids is 1. The largest absolute Gasteiger partial charge is 0.385 e. The van der Waals surface area contributed by atoms with Crippen LogP contribution in [0, 0.1) is 6.92 Å². The molecule has 2 heterocycles. The Morgan fingerprint density at radius 3 is 2.76 bits per heavy atom. The standard InChI is InChI=1S/C19H20N4O2/c1-14-12-18(23-25-14)22-19(24)17-13-16(9-11-21-17)20-10-5-8-15-6-3-2-4-7-15/h2-4,6-7,9,11-13H,5,8,10H2,1H3,(H,20,21)(H,22,23,24). The Balaban J connectivity index is 1.51. The van der Waals surface area contributed by atoms with Gasteiger partial charge < -0.3 is 15.2 Å². The zero-order valence-corrected chi connectivity index (χ0v) is 14.0. The molecule has 0 unspecified atom stereocenters. The number of rotatable bonds is 7. The predicted octanol–water partition coefficient (Wildman–Crippen LogP) is 3.68. The molecule has 0 saturated carbocycles. The van der Waals surface area contributed by atoms with Crippen LogP contribution in [-0.4, -0.2) is 22.6 Å². The van der Waals surface area contributed by atoms with E-state index in [9.17, 15) is 4.79 Å². The van der Waals surface area contributed by atoms with Crippen molar-refractivity contribution in [3.05, 3.63) is 71.7 Å². The van der Waals surface area contributed by atoms with E-state index >= 15 is 0 Å². The highest BCUT2D eigenvalue weighted by molar-refractivity contribution is 6.02. The maximum Gasteiger partial charge on any atom is 0.275 e. The summed E-state index contributed by atoms with van der Waals surface area (Å²) in [5.41, 5.74) is 2.51. The van der Waals surface area contributed by atoms with Gasteiger partial charge in [0.1, 0.15) is 11.5 Å². The van der Waals surface area contributed by atoms with Crippen LogP contribution < -0.4 is 10.6 Å². The van der Waals surface area contributed by atoms with Crippen LogP contribution in [-0.2, 0) is 6.42 Å². The molecule has 25 heavy (non-hydrogen) atoms. The van der Waals surface area contributed by atoms with Crippen molar-refractivity contribution in [2.75, 3.05) is 17.2 Å². The molecule has 0 spiro atoms. The van der Waals surface area contributed by atoms with Crippen LogP contribution in [0.3, 0.4) is 0 Å². The van der Waals surface area contributed by atoms with Crippen LogP contribution in [0.5, 0.6) is 0 Å². The summed E-state index contributed by atoms with van der Waals surface area (Å²) in [4.78, 5) is 16.3. The molecule has 0 atom stereocenters. The van der Waals surface area contributed by atoms with Crippen LogP contribution in [0.1, 0.15) is 28.2 Å². The Labute approximate surface area is 146 Å². The summed E-state index contributed by atoms with van der Waals surface area (Å²) in [6.45, 7) is 2.59. The number of anilines is 2. The minimum Gasteiger partial charge on any atom is -0.385 e. The summed E-state index contributed by atoms with van der Waals surface area (Å²) >= 11 is 0. The second kappa shape index (κ2) is 8.10. The lowest BCUT2D eigenvalue weighted by Gasteiger charge is -2.08. The minimum atomic E-state index is -0.318. The van der Waals surface area contributed by atoms with Crippen molar-refractivity contribution in [2.24, 2.45) is 0 Å². The average molecular weight is 336 g/mol. The molecule has 0 aliphatic heterocycles. The Bertz CT molecular complexity index is 830. The number of pyridine rings is 1. The van der Waals surface area contributed by atoms with Gasteiger partial charge in [-0.15, -0.1) is 0 Å². The molecular formula is C19H20N4O2. The number of amides is 1. The molecule has 0 saturated heterocycles. The molecule has 6 heteroatoms. The van der Waals surface area contributed by atoms with E-state index in [0.29, 0.717) is 17.3 Å². The SMILES string of the molecule is Cc1cc(NC(=O)c2cc(NCCCc3ccccc3)ccn2)no1. The molecular weight excluding hydrogens is 316 g/mol. The molecule has 0 aliphatic carbocycles. The van der Waals surface area contributed by atoms with Crippen molar-refractivity contribution >= 4 is 17.4 Å². The van der Waals surface area contributed by atoms with Crippen LogP contribution in [0.2, 0.25) is 0 Å². The molecule has 0 radical (unpaired) electrons. The lowest BCUT2D eigenvalue weighted by Crippen LogP contribution is -2.14. The smallest absolute Gasteiger partial charge is 0.275 e. The number of hydrogen-bond donors (Lipinski definition) is 2. The highest BCUT2D eigenvalue weighted by Gasteiger charge is 2.10. The van der Waals surface area contributed by atoms with Crippen molar-refractivity contribution in [2.45, 2.75) is 19.8 Å². The average Bonchev–Trinajstić information content (AvgIpc) is 3.05. The van der Waals surface area contributed by atoms with Gasteiger partial charge in [0.15, 0.2) is 5.82 Å². The first kappa shape index (κ1) is 16.7. The first-order chi connectivity index (χ1) is 12.2. The minimum absolute atomic E-state index is 0.318. The topological polar surface area (TPSA) is 80.0 Å². The van der Waals surface area contributed by atoms with E-state index in [1.165, 1.54) is 5.56 Å². The fourth-order valence-corrected chi connectivity index (χ4v) is 2.44. The van der Waals surface area contributed by atoms with Gasteiger partial charge in [-0.05, 0) is 37.5 Å². The van der Waals surface area contributed by atoms with Crippen molar-refractivity contribution < 1.29 is 9.32 Å². The van der Waals surface area contributed by atoms with E-state index in [-0.39, 0.29) is 5.91 Å². The number of nitrogens with zero attached hydrogens (tertiary/aromatic N) is 2. The van der Waals surface area contributed by atoms with Crippen LogP contribution in [0.25, 0.3) is 0 Å². The third-order valence-corrected chi connectivity index (χ3v) is 3.68. The lowest BCUT2D eigenvalue weighted by molar-refractivity contribution is 0.102. The van der Waals surface area contributed by atoms with Gasteiger partial charge in [0.05, 0.1) is 0 Å². The third-order valence-electron chi connectivity index (χ3n) is 3.68. The van der Waals surface area contributed by atoms with Gasteiger partial charge in [-0.2, -0.15) is 0 Å². The molecule has 3 aromatic rings. The fraction of sp³-hybridized carbons (Fsp3) is 0.211. The van der Waals surface area contributed by atoms with Crippen molar-refractivity contribution in [3.63, 3.8) is 0 Å². The molecule has 0 fully saturated rings. The summed E-state index contributed by atoms with van der Waals surface area (Å²) in [7, 11) is 0. The molecule has 1 amide bonds. The maximum absolute atomic E-state index is 12.2. The monoisotopic (exact) mass is 336 g/mol. The Hall–Kier alpha value is -3.15. The van der Waals surface area contributed by atoms with E-state index in [1.807, 2.05) is 24.3 Å². The van der Waals surface area contributed by atoms with Gasteiger partial charge in [0.2, 0.25) is 0 Å². The molecule has 0 aliphatic rings. The second-order valence-electron chi connectivity index (χ2n) is 5.72. The summed E-state index contributed by atoms with van der Waals surface area (Å²) in [5.74, 6) is 0.698. The number of nitrogens with one attached hydrogen (secondary N) is 2. The molecule has 1 aromatic carbocycles. The summed E-state index contributed by atoms with van der Waals surface area (Å²) in [6.07, 6.45) is 3.63. The normalized spacial score (nSPS) is 10.4. The van der Waals surface area contributed by atoms with Gasteiger partial charge in [-0.1, -0.05) is 35.5 Å². The van der Waals surface area contributed by atoms with Gasteiger partial charge in [-0.3, -0.25) is 9.78 Å². The number of benzene rings is 1. The van der Waals surface area contributed by atoms with Gasteiger partial charge in [-0.25, -0.2) is 0 Å². The first-order valence-electron chi connectivity index (χ1n) is 8.19. The van der Waals surface area contributed by atoms with Crippen LogP contribution >= 0.6 is 0 Å². The number of carbonyl (C=O) groups is 1. The number of aryl methyl sites for hydroxylation is 2. The third kappa shape index (κ3) is 4.91. The molecule has 2 N–H and O–H groups in total. The fourth-order valence-electron chi connectivity index (χ4n) is 2.44. The predicted molar refractivity (Wildman–Crippen MR) is 96.7 cm³/mol. The van der Waals surface area contributed by atoms with E-state index in [0.717, 1.165) is 25.1 Å². The second-order valence-corrected chi connectivity index (χ2v) is 5.72. The van der Waals surface area contributed by atoms with E-state index < -0.39 is 0 Å². The van der Waals surface area contributed by atoms with Gasteiger partial charge >= 0.3 is 0 Å². The highest BCUT2D eigenvalue weighted by atomic mass is 16.5. The van der Waals surface area contributed by atoms with Crippen LogP contribution in [0.4, 0.5) is 11.5 Å². The van der Waals surface area contributed by atoms with Crippen molar-refractivity contribution in [1.82, 2.24) is 10.1 Å². The quantitative estimate of drug-likeness (QED) is 0.643. The number of hydrogen-bond acceptors (Lipinski definition) is 5. The van der Waals surface area contributed by atoms with E-state index in [4.69, 9.17) is 4.52 Å². The molecule has 128 valence electrons. The van der Waals surface area contributed by atoms with E-state index in [1.54, 1.807) is 25.3 Å². The first-order valence-corrected chi connectivity index (χ1v) is 8.19. The molecule has 2 aromatic heterocycles. The van der Waals surface area contributed by atoms with Gasteiger partial charge in [0, 0.05) is 24.5 Å². The van der Waals surface area contributed by atoms with Crippen molar-refractivity contribution in [1.29, 1.82) is 0 Å². The zero-order valence-electron chi connectivity index (χ0n) is 14.0. The molecule has 3 rings (SSSR count). The zero-order chi connectivity index (χ0) is 17.5. The van der Waals surface area contributed by atoms with E-state index in [2.05, 4.69) is 32.9 Å². The maximum atomic E-state index is 12.2.